The molecule has 0 radical (unpaired) electrons. The Bertz CT molecular complexity index is 223. The van der Waals surface area contributed by atoms with Crippen molar-refractivity contribution in [1.29, 1.82) is 0 Å². The first-order valence-corrected chi connectivity index (χ1v) is 7.25. The minimum absolute atomic E-state index is 0.575. The second kappa shape index (κ2) is 8.70. The molecule has 0 aromatic carbocycles. The Morgan fingerprint density at radius 1 is 1.41 bits per heavy atom. The molecule has 0 bridgehead atoms. The van der Waals surface area contributed by atoms with Crippen molar-refractivity contribution >= 4 is 17.3 Å². The van der Waals surface area contributed by atoms with E-state index in [1.165, 1.54) is 25.7 Å². The lowest BCUT2D eigenvalue weighted by atomic mass is 9.87. The van der Waals surface area contributed by atoms with Crippen molar-refractivity contribution < 1.29 is 4.74 Å². The third-order valence-corrected chi connectivity index (χ3v) is 3.49. The maximum atomic E-state index is 5.29. The predicted octanol–water partition coefficient (Wildman–Crippen LogP) is 2.46. The quantitative estimate of drug-likeness (QED) is 0.566. The summed E-state index contributed by atoms with van der Waals surface area (Å²) in [5, 5.41) is 7.47. The van der Waals surface area contributed by atoms with Gasteiger partial charge in [-0.25, -0.2) is 0 Å². The van der Waals surface area contributed by atoms with E-state index in [-0.39, 0.29) is 0 Å². The summed E-state index contributed by atoms with van der Waals surface area (Å²) in [6.45, 7) is 6.85. The van der Waals surface area contributed by atoms with Gasteiger partial charge in [-0.3, -0.25) is 0 Å². The topological polar surface area (TPSA) is 33.3 Å². The van der Waals surface area contributed by atoms with E-state index in [1.54, 1.807) is 0 Å². The number of hydrogen-bond acceptors (Lipinski definition) is 2. The predicted molar refractivity (Wildman–Crippen MR) is 76.3 cm³/mol. The molecule has 0 aromatic rings. The highest BCUT2D eigenvalue weighted by atomic mass is 32.1. The van der Waals surface area contributed by atoms with E-state index in [0.29, 0.717) is 6.04 Å². The molecule has 2 unspecified atom stereocenters. The Balaban J connectivity index is 2.04. The molecule has 1 aliphatic carbocycles. The second-order valence-electron chi connectivity index (χ2n) is 4.92. The minimum atomic E-state index is 0.575. The zero-order valence-electron chi connectivity index (χ0n) is 11.1. The van der Waals surface area contributed by atoms with Crippen molar-refractivity contribution in [2.24, 2.45) is 5.92 Å². The average Bonchev–Trinajstić information content (AvgIpc) is 2.29. The highest BCUT2D eigenvalue weighted by Gasteiger charge is 2.18. The Kier molecular flexibility index (Phi) is 7.53. The van der Waals surface area contributed by atoms with E-state index < -0.39 is 0 Å². The zero-order chi connectivity index (χ0) is 12.5. The van der Waals surface area contributed by atoms with Crippen LogP contribution < -0.4 is 10.6 Å². The largest absolute Gasteiger partial charge is 0.382 e. The van der Waals surface area contributed by atoms with Crippen LogP contribution in [-0.4, -0.2) is 30.9 Å². The number of nitrogens with one attached hydrogen (secondary N) is 2. The first-order valence-electron chi connectivity index (χ1n) is 6.84. The molecule has 0 saturated heterocycles. The molecule has 17 heavy (non-hydrogen) atoms. The van der Waals surface area contributed by atoms with Gasteiger partial charge < -0.3 is 15.4 Å². The maximum Gasteiger partial charge on any atom is 0.166 e. The molecule has 3 nitrogen and oxygen atoms in total. The van der Waals surface area contributed by atoms with Gasteiger partial charge in [-0.15, -0.1) is 0 Å². The van der Waals surface area contributed by atoms with Crippen LogP contribution in [0.1, 0.15) is 46.0 Å². The van der Waals surface area contributed by atoms with Crippen LogP contribution in [-0.2, 0) is 4.74 Å². The molecule has 0 spiro atoms. The SMILES string of the molecule is CCOCCCNC(=S)NC1CCCC(C)C1. The van der Waals surface area contributed by atoms with Gasteiger partial charge in [-0.2, -0.15) is 0 Å². The molecule has 2 atom stereocenters. The Morgan fingerprint density at radius 2 is 2.24 bits per heavy atom. The molecule has 0 heterocycles. The van der Waals surface area contributed by atoms with Gasteiger partial charge in [0.1, 0.15) is 0 Å². The van der Waals surface area contributed by atoms with Crippen LogP contribution in [0.4, 0.5) is 0 Å². The van der Waals surface area contributed by atoms with E-state index in [1.807, 2.05) is 6.92 Å². The molecule has 1 saturated carbocycles. The van der Waals surface area contributed by atoms with E-state index >= 15 is 0 Å². The summed E-state index contributed by atoms with van der Waals surface area (Å²) in [5.41, 5.74) is 0. The highest BCUT2D eigenvalue weighted by Crippen LogP contribution is 2.23. The second-order valence-corrected chi connectivity index (χ2v) is 5.33. The monoisotopic (exact) mass is 258 g/mol. The number of thiocarbonyl (C=S) groups is 1. The van der Waals surface area contributed by atoms with E-state index in [9.17, 15) is 0 Å². The van der Waals surface area contributed by atoms with Gasteiger partial charge in [0.05, 0.1) is 0 Å². The van der Waals surface area contributed by atoms with Crippen LogP contribution >= 0.6 is 12.2 Å². The Labute approximate surface area is 111 Å². The molecule has 0 amide bonds. The fraction of sp³-hybridized carbons (Fsp3) is 0.923. The number of rotatable bonds is 6. The van der Waals surface area contributed by atoms with Crippen molar-refractivity contribution in [3.63, 3.8) is 0 Å². The summed E-state index contributed by atoms with van der Waals surface area (Å²) in [7, 11) is 0. The number of ether oxygens (including phenoxy) is 1. The van der Waals surface area contributed by atoms with Gasteiger partial charge in [-0.05, 0) is 44.3 Å². The molecule has 0 aromatic heterocycles. The molecule has 1 fully saturated rings. The Morgan fingerprint density at radius 3 is 2.94 bits per heavy atom. The third-order valence-electron chi connectivity index (χ3n) is 3.23. The van der Waals surface area contributed by atoms with Gasteiger partial charge in [0.15, 0.2) is 5.11 Å². The van der Waals surface area contributed by atoms with Gasteiger partial charge in [0.2, 0.25) is 0 Å². The summed E-state index contributed by atoms with van der Waals surface area (Å²) < 4.78 is 5.28. The van der Waals surface area contributed by atoms with Crippen LogP contribution in [0.25, 0.3) is 0 Å². The van der Waals surface area contributed by atoms with Gasteiger partial charge in [0, 0.05) is 25.8 Å². The molecule has 0 aliphatic heterocycles. The van der Waals surface area contributed by atoms with Crippen molar-refractivity contribution in [2.75, 3.05) is 19.8 Å². The third kappa shape index (κ3) is 6.84. The first-order chi connectivity index (χ1) is 8.22. The van der Waals surface area contributed by atoms with E-state index in [4.69, 9.17) is 17.0 Å². The van der Waals surface area contributed by atoms with Crippen molar-refractivity contribution in [1.82, 2.24) is 10.6 Å². The highest BCUT2D eigenvalue weighted by molar-refractivity contribution is 7.80. The van der Waals surface area contributed by atoms with E-state index in [0.717, 1.165) is 37.2 Å². The van der Waals surface area contributed by atoms with Crippen LogP contribution in [0.5, 0.6) is 0 Å². The van der Waals surface area contributed by atoms with Gasteiger partial charge in [-0.1, -0.05) is 19.8 Å². The molecular weight excluding hydrogens is 232 g/mol. The summed E-state index contributed by atoms with van der Waals surface area (Å²) in [5.74, 6) is 0.835. The molecule has 2 N–H and O–H groups in total. The van der Waals surface area contributed by atoms with Crippen LogP contribution in [0.2, 0.25) is 0 Å². The molecule has 1 aliphatic rings. The van der Waals surface area contributed by atoms with Crippen molar-refractivity contribution in [3.05, 3.63) is 0 Å². The summed E-state index contributed by atoms with van der Waals surface area (Å²) in [6.07, 6.45) is 6.21. The van der Waals surface area contributed by atoms with Gasteiger partial charge >= 0.3 is 0 Å². The van der Waals surface area contributed by atoms with Crippen molar-refractivity contribution in [3.8, 4) is 0 Å². The molecular formula is C13H26N2OS. The molecule has 100 valence electrons. The maximum absolute atomic E-state index is 5.29. The normalized spacial score (nSPS) is 24.4. The van der Waals surface area contributed by atoms with Gasteiger partial charge in [0.25, 0.3) is 0 Å². The van der Waals surface area contributed by atoms with Crippen LogP contribution in [0, 0.1) is 5.92 Å². The lowest BCUT2D eigenvalue weighted by molar-refractivity contribution is 0.145. The molecule has 1 rings (SSSR count). The summed E-state index contributed by atoms with van der Waals surface area (Å²) >= 11 is 5.29. The lowest BCUT2D eigenvalue weighted by Crippen LogP contribution is -2.44. The Hall–Kier alpha value is -0.350. The standard InChI is InChI=1S/C13H26N2OS/c1-3-16-9-5-8-14-13(17)15-12-7-4-6-11(2)10-12/h11-12H,3-10H2,1-2H3,(H2,14,15,17). The van der Waals surface area contributed by atoms with Crippen LogP contribution in [0.15, 0.2) is 0 Å². The number of hydrogen-bond donors (Lipinski definition) is 2. The smallest absolute Gasteiger partial charge is 0.166 e. The fourth-order valence-corrected chi connectivity index (χ4v) is 2.59. The van der Waals surface area contributed by atoms with Crippen molar-refractivity contribution in [2.45, 2.75) is 52.0 Å². The molecule has 4 heteroatoms. The first kappa shape index (κ1) is 14.7. The fourth-order valence-electron chi connectivity index (χ4n) is 2.32. The zero-order valence-corrected chi connectivity index (χ0v) is 11.9. The lowest BCUT2D eigenvalue weighted by Gasteiger charge is -2.28. The summed E-state index contributed by atoms with van der Waals surface area (Å²) in [4.78, 5) is 0. The summed E-state index contributed by atoms with van der Waals surface area (Å²) in [6, 6.07) is 0.575. The van der Waals surface area contributed by atoms with Crippen LogP contribution in [0.3, 0.4) is 0 Å². The van der Waals surface area contributed by atoms with E-state index in [2.05, 4.69) is 17.6 Å². The average molecular weight is 258 g/mol. The minimum Gasteiger partial charge on any atom is -0.382 e.